The van der Waals surface area contributed by atoms with Gasteiger partial charge >= 0.3 is 5.97 Å². The molecular formula is C12H13N3O2. The fourth-order valence-corrected chi connectivity index (χ4v) is 2.47. The SMILES string of the molecule is Cc1nc2c([nH]1)CCCc1[nH]cc(C(=O)O)c1-2. The quantitative estimate of drug-likeness (QED) is 0.701. The lowest BCUT2D eigenvalue weighted by Gasteiger charge is -1.99. The molecule has 17 heavy (non-hydrogen) atoms. The van der Waals surface area contributed by atoms with Crippen LogP contribution in [0.1, 0.15) is 34.0 Å². The summed E-state index contributed by atoms with van der Waals surface area (Å²) in [5.74, 6) is -0.0728. The molecule has 0 amide bonds. The smallest absolute Gasteiger partial charge is 0.337 e. The molecule has 5 heteroatoms. The fourth-order valence-electron chi connectivity index (χ4n) is 2.47. The zero-order chi connectivity index (χ0) is 12.0. The van der Waals surface area contributed by atoms with E-state index in [0.29, 0.717) is 5.56 Å². The number of aromatic nitrogens is 3. The summed E-state index contributed by atoms with van der Waals surface area (Å²) in [6.07, 6.45) is 4.34. The predicted octanol–water partition coefficient (Wildman–Crippen LogP) is 1.90. The molecule has 0 radical (unpaired) electrons. The first kappa shape index (κ1) is 10.1. The van der Waals surface area contributed by atoms with Crippen LogP contribution in [0.2, 0.25) is 0 Å². The van der Waals surface area contributed by atoms with E-state index in [4.69, 9.17) is 0 Å². The van der Waals surface area contributed by atoms with Crippen LogP contribution in [-0.4, -0.2) is 26.0 Å². The summed E-state index contributed by atoms with van der Waals surface area (Å²) in [6.45, 7) is 1.89. The second-order valence-corrected chi connectivity index (χ2v) is 4.36. The van der Waals surface area contributed by atoms with Crippen LogP contribution in [-0.2, 0) is 12.8 Å². The summed E-state index contributed by atoms with van der Waals surface area (Å²) < 4.78 is 0. The van der Waals surface area contributed by atoms with Gasteiger partial charge in [0.25, 0.3) is 0 Å². The van der Waals surface area contributed by atoms with Crippen LogP contribution in [0.3, 0.4) is 0 Å². The third-order valence-electron chi connectivity index (χ3n) is 3.18. The molecule has 0 fully saturated rings. The lowest BCUT2D eigenvalue weighted by molar-refractivity contribution is 0.0698. The van der Waals surface area contributed by atoms with Crippen LogP contribution >= 0.6 is 0 Å². The van der Waals surface area contributed by atoms with E-state index in [1.165, 1.54) is 0 Å². The molecule has 0 unspecified atom stereocenters. The second kappa shape index (κ2) is 3.48. The van der Waals surface area contributed by atoms with E-state index in [9.17, 15) is 9.90 Å². The summed E-state index contributed by atoms with van der Waals surface area (Å²) in [5, 5.41) is 9.20. The Kier molecular flexibility index (Phi) is 2.07. The number of carbonyl (C=O) groups is 1. The topological polar surface area (TPSA) is 81.8 Å². The Morgan fingerprint density at radius 3 is 2.94 bits per heavy atom. The fraction of sp³-hybridized carbons (Fsp3) is 0.333. The predicted molar refractivity (Wildman–Crippen MR) is 62.1 cm³/mol. The number of imidazole rings is 1. The molecule has 2 aromatic rings. The molecule has 5 nitrogen and oxygen atoms in total. The van der Waals surface area contributed by atoms with E-state index in [1.54, 1.807) is 6.20 Å². The number of rotatable bonds is 1. The molecule has 2 heterocycles. The van der Waals surface area contributed by atoms with E-state index in [0.717, 1.165) is 47.7 Å². The van der Waals surface area contributed by atoms with E-state index in [1.807, 2.05) is 6.92 Å². The summed E-state index contributed by atoms with van der Waals surface area (Å²) in [4.78, 5) is 21.9. The normalized spacial score (nSPS) is 13.9. The molecule has 0 aromatic carbocycles. The maximum Gasteiger partial charge on any atom is 0.337 e. The Morgan fingerprint density at radius 1 is 1.41 bits per heavy atom. The number of H-pyrrole nitrogens is 2. The highest BCUT2D eigenvalue weighted by Gasteiger charge is 2.25. The summed E-state index contributed by atoms with van der Waals surface area (Å²) in [6, 6.07) is 0. The Labute approximate surface area is 97.9 Å². The minimum Gasteiger partial charge on any atom is -0.478 e. The Bertz CT molecular complexity index is 595. The van der Waals surface area contributed by atoms with Gasteiger partial charge in [0.15, 0.2) is 0 Å². The largest absolute Gasteiger partial charge is 0.478 e. The van der Waals surface area contributed by atoms with Crippen LogP contribution in [0.25, 0.3) is 11.3 Å². The first-order valence-corrected chi connectivity index (χ1v) is 5.66. The van der Waals surface area contributed by atoms with Crippen molar-refractivity contribution < 1.29 is 9.90 Å². The molecule has 0 bridgehead atoms. The number of fused-ring (bicyclic) bond motifs is 3. The van der Waals surface area contributed by atoms with Gasteiger partial charge < -0.3 is 15.1 Å². The highest BCUT2D eigenvalue weighted by atomic mass is 16.4. The Balaban J connectivity index is 2.29. The summed E-state index contributed by atoms with van der Waals surface area (Å²) in [7, 11) is 0. The van der Waals surface area contributed by atoms with Crippen LogP contribution in [0.15, 0.2) is 6.20 Å². The van der Waals surface area contributed by atoms with Gasteiger partial charge in [-0.15, -0.1) is 0 Å². The number of hydrogen-bond acceptors (Lipinski definition) is 2. The van der Waals surface area contributed by atoms with Crippen molar-refractivity contribution in [1.82, 2.24) is 15.0 Å². The highest BCUT2D eigenvalue weighted by molar-refractivity contribution is 5.96. The maximum absolute atomic E-state index is 11.2. The molecule has 3 N–H and O–H groups in total. The van der Waals surface area contributed by atoms with Gasteiger partial charge in [-0.05, 0) is 26.2 Å². The van der Waals surface area contributed by atoms with E-state index in [2.05, 4.69) is 15.0 Å². The molecule has 1 aliphatic rings. The Hall–Kier alpha value is -2.04. The molecule has 0 spiro atoms. The van der Waals surface area contributed by atoms with Gasteiger partial charge in [0, 0.05) is 23.1 Å². The van der Waals surface area contributed by atoms with Crippen molar-refractivity contribution in [3.8, 4) is 11.3 Å². The molecule has 0 atom stereocenters. The van der Waals surface area contributed by atoms with Crippen molar-refractivity contribution in [2.24, 2.45) is 0 Å². The van der Waals surface area contributed by atoms with Crippen LogP contribution < -0.4 is 0 Å². The van der Waals surface area contributed by atoms with Gasteiger partial charge in [0.1, 0.15) is 5.82 Å². The molecule has 0 saturated heterocycles. The van der Waals surface area contributed by atoms with Crippen molar-refractivity contribution in [3.63, 3.8) is 0 Å². The average Bonchev–Trinajstić information content (AvgIpc) is 2.79. The number of carboxylic acid groups (broad SMARTS) is 1. The van der Waals surface area contributed by atoms with Crippen molar-refractivity contribution in [2.75, 3.05) is 0 Å². The molecule has 1 aliphatic carbocycles. The highest BCUT2D eigenvalue weighted by Crippen LogP contribution is 2.33. The monoisotopic (exact) mass is 231 g/mol. The maximum atomic E-state index is 11.2. The number of nitrogens with zero attached hydrogens (tertiary/aromatic N) is 1. The third-order valence-corrected chi connectivity index (χ3v) is 3.18. The standard InChI is InChI=1S/C12H13N3O2/c1-6-14-9-4-2-3-8-10(11(9)15-6)7(5-13-8)12(16)17/h5,13H,2-4H2,1H3,(H,14,15)(H,16,17). The number of aromatic amines is 2. The number of hydrogen-bond donors (Lipinski definition) is 3. The van der Waals surface area contributed by atoms with Crippen molar-refractivity contribution in [3.05, 3.63) is 29.0 Å². The zero-order valence-electron chi connectivity index (χ0n) is 9.50. The first-order valence-electron chi connectivity index (χ1n) is 5.66. The Morgan fingerprint density at radius 2 is 2.18 bits per heavy atom. The van der Waals surface area contributed by atoms with Gasteiger partial charge in [0.2, 0.25) is 0 Å². The van der Waals surface area contributed by atoms with Gasteiger partial charge in [-0.1, -0.05) is 0 Å². The lowest BCUT2D eigenvalue weighted by atomic mass is 10.1. The minimum atomic E-state index is -0.906. The molecule has 0 aliphatic heterocycles. The molecular weight excluding hydrogens is 218 g/mol. The van der Waals surface area contributed by atoms with E-state index < -0.39 is 5.97 Å². The molecule has 0 saturated carbocycles. The van der Waals surface area contributed by atoms with Gasteiger partial charge in [-0.3, -0.25) is 0 Å². The van der Waals surface area contributed by atoms with Gasteiger partial charge in [-0.25, -0.2) is 9.78 Å². The first-order chi connectivity index (χ1) is 8.16. The third kappa shape index (κ3) is 1.46. The molecule has 2 aromatic heterocycles. The van der Waals surface area contributed by atoms with Crippen molar-refractivity contribution in [2.45, 2.75) is 26.2 Å². The lowest BCUT2D eigenvalue weighted by Crippen LogP contribution is -1.98. The van der Waals surface area contributed by atoms with Crippen LogP contribution in [0.4, 0.5) is 0 Å². The minimum absolute atomic E-state index is 0.314. The summed E-state index contributed by atoms with van der Waals surface area (Å²) >= 11 is 0. The van der Waals surface area contributed by atoms with Crippen molar-refractivity contribution in [1.29, 1.82) is 0 Å². The number of nitrogens with one attached hydrogen (secondary N) is 2. The van der Waals surface area contributed by atoms with Crippen LogP contribution in [0, 0.1) is 6.92 Å². The van der Waals surface area contributed by atoms with Gasteiger partial charge in [-0.2, -0.15) is 0 Å². The number of aryl methyl sites for hydroxylation is 3. The van der Waals surface area contributed by atoms with E-state index >= 15 is 0 Å². The number of aromatic carboxylic acids is 1. The van der Waals surface area contributed by atoms with Crippen molar-refractivity contribution >= 4 is 5.97 Å². The second-order valence-electron chi connectivity index (χ2n) is 4.36. The number of carboxylic acids is 1. The van der Waals surface area contributed by atoms with Gasteiger partial charge in [0.05, 0.1) is 11.3 Å². The van der Waals surface area contributed by atoms with Crippen LogP contribution in [0.5, 0.6) is 0 Å². The summed E-state index contributed by atoms with van der Waals surface area (Å²) in [5.41, 5.74) is 3.90. The molecule has 88 valence electrons. The van der Waals surface area contributed by atoms with E-state index in [-0.39, 0.29) is 0 Å². The molecule has 3 rings (SSSR count). The zero-order valence-corrected chi connectivity index (χ0v) is 9.50. The average molecular weight is 231 g/mol.